The zero-order valence-corrected chi connectivity index (χ0v) is 78.7. The number of guanidine groups is 1. The third-order valence-corrected chi connectivity index (χ3v) is 24.0. The molecule has 134 heavy (non-hydrogen) atoms. The molecule has 0 fully saturated rings. The van der Waals surface area contributed by atoms with Crippen LogP contribution in [0.4, 0.5) is 4.79 Å². The van der Waals surface area contributed by atoms with Crippen LogP contribution in [0.25, 0.3) is 0 Å². The molecule has 0 bridgehead atoms. The van der Waals surface area contributed by atoms with E-state index in [-0.39, 0.29) is 73.0 Å². The molecule has 0 unspecified atom stereocenters. The quantitative estimate of drug-likeness (QED) is 0.00850. The molecular formula is C93H117N17O20S4. The first-order chi connectivity index (χ1) is 63.9. The van der Waals surface area contributed by atoms with Crippen molar-refractivity contribution in [3.05, 3.63) is 245 Å². The van der Waals surface area contributed by atoms with Crippen molar-refractivity contribution in [3.8, 4) is 0 Å². The van der Waals surface area contributed by atoms with Gasteiger partial charge in [0, 0.05) is 63.8 Å². The van der Waals surface area contributed by atoms with E-state index in [2.05, 4.69) is 84.5 Å². The fourth-order valence-electron chi connectivity index (χ4n) is 13.1. The molecule has 0 aromatic heterocycles. The fourth-order valence-corrected chi connectivity index (χ4v) is 16.7. The number of thioether (sulfide) groups is 3. The first-order valence-corrected chi connectivity index (χ1v) is 47.8. The highest BCUT2D eigenvalue weighted by Gasteiger charge is 2.41. The molecule has 0 saturated carbocycles. The number of rotatable bonds is 53. The molecule has 0 saturated heterocycles. The second-order valence-electron chi connectivity index (χ2n) is 31.9. The van der Waals surface area contributed by atoms with Crippen molar-refractivity contribution in [1.29, 1.82) is 5.41 Å². The van der Waals surface area contributed by atoms with Crippen molar-refractivity contribution < 1.29 is 94.9 Å². The van der Waals surface area contributed by atoms with Gasteiger partial charge in [-0.05, 0) is 99.4 Å². The van der Waals surface area contributed by atoms with E-state index in [1.807, 2.05) is 36.4 Å². The van der Waals surface area contributed by atoms with Crippen molar-refractivity contribution in [2.75, 3.05) is 54.6 Å². The lowest BCUT2D eigenvalue weighted by atomic mass is 9.77. The van der Waals surface area contributed by atoms with Gasteiger partial charge in [0.25, 0.3) is 10.0 Å². The van der Waals surface area contributed by atoms with Gasteiger partial charge in [0.05, 0.1) is 35.7 Å². The number of aliphatic carboxylic acids is 1. The van der Waals surface area contributed by atoms with Crippen LogP contribution < -0.4 is 84.5 Å². The lowest BCUT2D eigenvalue weighted by molar-refractivity contribution is -0.138. The number of sulfonamides is 1. The number of amides is 14. The summed E-state index contributed by atoms with van der Waals surface area (Å²) < 4.78 is 40.5. The Kier molecular flexibility index (Phi) is 44.3. The van der Waals surface area contributed by atoms with E-state index in [1.165, 1.54) is 39.8 Å². The zero-order chi connectivity index (χ0) is 97.8. The summed E-state index contributed by atoms with van der Waals surface area (Å²) in [5.74, 6) is -14.6. The Morgan fingerprint density at radius 1 is 0.418 bits per heavy atom. The lowest BCUT2D eigenvalue weighted by Crippen LogP contribution is -2.61. The SMILES string of the molecule is CC(=O)NCSC[C@H](NC(=O)OC(C)(C)C)C(=O)N[C@@H](C)C(=O)N[C@@H](COCc1ccccc1)C(=O)N[C@@H](CSCNC(C)=O)C(=O)N[C@@H](CCC(=O)NC(c1ccccc1)(c1ccccc1)c1ccccc1)C(=O)N[C@@H](CSCNC(C)=O)C(=O)N[C@@H](CCCNC(=N)NS(=O)(=O)c1ccc(C)cc1)C(=O)N[C@@H](Cc1ccccc1)C(=O)N[C@@H](Cc1ccccc1)C(=O)NCC(=O)O. The van der Waals surface area contributed by atoms with Gasteiger partial charge in [-0.15, -0.1) is 35.3 Å². The first-order valence-electron chi connectivity index (χ1n) is 42.9. The number of hydrogen-bond donors (Lipinski definition) is 18. The van der Waals surface area contributed by atoms with Gasteiger partial charge >= 0.3 is 12.1 Å². The maximum atomic E-state index is 15.9. The Morgan fingerprint density at radius 3 is 1.22 bits per heavy atom. The molecule has 37 nitrogen and oxygen atoms in total. The number of hydrogen-bond acceptors (Lipinski definition) is 23. The summed E-state index contributed by atoms with van der Waals surface area (Å²) in [7, 11) is -4.31. The molecule has 0 aliphatic rings. The predicted molar refractivity (Wildman–Crippen MR) is 508 cm³/mol. The Balaban J connectivity index is 1.29. The number of carbonyl (C=O) groups is 15. The second-order valence-corrected chi connectivity index (χ2v) is 36.7. The third-order valence-electron chi connectivity index (χ3n) is 19.8. The molecule has 0 aliphatic carbocycles. The molecule has 7 aromatic carbocycles. The highest BCUT2D eigenvalue weighted by molar-refractivity contribution is 7.99. The molecule has 0 heterocycles. The number of benzene rings is 7. The van der Waals surface area contributed by atoms with E-state index in [1.54, 1.807) is 185 Å². The smallest absolute Gasteiger partial charge is 0.408 e. The molecule has 7 aromatic rings. The largest absolute Gasteiger partial charge is 0.480 e. The van der Waals surface area contributed by atoms with Crippen molar-refractivity contribution in [2.24, 2.45) is 0 Å². The Labute approximate surface area is 790 Å². The third kappa shape index (κ3) is 38.1. The van der Waals surface area contributed by atoms with E-state index >= 15 is 28.8 Å². The Hall–Kier alpha value is -13.4. The van der Waals surface area contributed by atoms with Crippen LogP contribution in [0.3, 0.4) is 0 Å². The molecule has 0 spiro atoms. The van der Waals surface area contributed by atoms with E-state index < -0.39 is 202 Å². The topological polar surface area (TPSA) is 545 Å². The molecule has 14 amide bonds. The molecule has 7 rings (SSSR count). The number of carboxylic acids is 1. The minimum Gasteiger partial charge on any atom is -0.480 e. The van der Waals surface area contributed by atoms with E-state index in [9.17, 15) is 56.7 Å². The molecule has 41 heteroatoms. The predicted octanol–water partition coefficient (Wildman–Crippen LogP) is 3.64. The van der Waals surface area contributed by atoms with Gasteiger partial charge in [-0.2, -0.15) is 0 Å². The minimum atomic E-state index is -4.31. The van der Waals surface area contributed by atoms with E-state index in [0.29, 0.717) is 33.4 Å². The summed E-state index contributed by atoms with van der Waals surface area (Å²) in [5, 5.41) is 57.9. The molecule has 718 valence electrons. The molecule has 18 N–H and O–H groups in total. The summed E-state index contributed by atoms with van der Waals surface area (Å²) in [5.41, 5.74) is 1.81. The van der Waals surface area contributed by atoms with Crippen LogP contribution in [0.1, 0.15) is 113 Å². The van der Waals surface area contributed by atoms with Gasteiger partial charge < -0.3 is 94.3 Å². The standard InChI is InChI=1S/C93H117N17O20S4/c1-59-41-43-70(44-42-59)134(127,128)110-90(94)95-47-27-40-71(83(119)104-74(49-65-30-17-10-18-31-65)85(121)103-73(82(118)96-50-80(115)116)48-64-28-15-9-16-29-64)101-88(124)76(53-131-56-97-61(3)111)106-84(120)72(45-46-79(114)109-93(67-34-21-12-22-35-67,68-36-23-13-24-37-68)69-38-25-14-26-39-69)102-89(125)77(54-132-57-98-62(4)112)107-86(122)75(52-129-51-66-32-19-11-20-33-66)105-81(117)60(2)100-87(123)78(55-133-58-99-63(5)113)108-91(126)130-92(6,7)8/h9-26,28-39,41-44,60,71-78H,27,40,45-58H2,1-8H3,(H,96,118)(H,97,111)(H,98,112)(H,99,113)(H,100,123)(H,101,124)(H,102,125)(H,103,121)(H,104,119)(H,105,117)(H,106,120)(H,107,122)(H,108,126)(H,109,114)(H,115,116)(H3,94,95,110)/t60-,71-,72-,73-,74-,75-,76-,77-,78-/m0/s1. The van der Waals surface area contributed by atoms with E-state index in [0.717, 1.165) is 40.8 Å². The summed E-state index contributed by atoms with van der Waals surface area (Å²) >= 11 is 2.89. The van der Waals surface area contributed by atoms with Gasteiger partial charge in [-0.1, -0.05) is 200 Å². The van der Waals surface area contributed by atoms with Crippen LogP contribution in [-0.4, -0.2) is 223 Å². The van der Waals surface area contributed by atoms with Gasteiger partial charge in [-0.3, -0.25) is 72.5 Å². The van der Waals surface area contributed by atoms with Crippen molar-refractivity contribution in [2.45, 2.75) is 171 Å². The molecule has 9 atom stereocenters. The second kappa shape index (κ2) is 55.2. The van der Waals surface area contributed by atoms with Crippen LogP contribution in [0.5, 0.6) is 0 Å². The first kappa shape index (κ1) is 108. The summed E-state index contributed by atoms with van der Waals surface area (Å²) in [6, 6.07) is 43.5. The summed E-state index contributed by atoms with van der Waals surface area (Å²) in [6.07, 6.45) is -3.14. The van der Waals surface area contributed by atoms with Crippen molar-refractivity contribution >= 4 is 140 Å². The number of alkyl carbamates (subject to hydrolysis) is 1. The average molecular weight is 1920 g/mol. The van der Waals surface area contributed by atoms with Crippen LogP contribution >= 0.6 is 35.3 Å². The number of carboxylic acid groups (broad SMARTS) is 1. The number of ether oxygens (including phenoxy) is 2. The minimum absolute atomic E-state index is 0.0342. The summed E-state index contributed by atoms with van der Waals surface area (Å²) in [4.78, 5) is 212. The Bertz CT molecular complexity index is 5120. The highest BCUT2D eigenvalue weighted by atomic mass is 32.2. The van der Waals surface area contributed by atoms with Crippen LogP contribution in [-0.2, 0) is 112 Å². The fraction of sp³-hybridized carbons (Fsp3) is 0.376. The molecule has 0 radical (unpaired) electrons. The van der Waals surface area contributed by atoms with Gasteiger partial charge in [-0.25, -0.2) is 17.9 Å². The zero-order valence-electron chi connectivity index (χ0n) is 75.5. The van der Waals surface area contributed by atoms with Crippen molar-refractivity contribution in [3.63, 3.8) is 0 Å². The monoisotopic (exact) mass is 1920 g/mol. The molecular weight excluding hydrogens is 1800 g/mol. The normalized spacial score (nSPS) is 13.2. The van der Waals surface area contributed by atoms with Gasteiger partial charge in [0.1, 0.15) is 72.1 Å². The Morgan fingerprint density at radius 2 is 0.784 bits per heavy atom. The number of carbonyl (C=O) groups excluding carboxylic acids is 14. The van der Waals surface area contributed by atoms with Crippen molar-refractivity contribution in [1.82, 2.24) is 84.5 Å². The summed E-state index contributed by atoms with van der Waals surface area (Å²) in [6.45, 7) is 9.80. The van der Waals surface area contributed by atoms with E-state index in [4.69, 9.17) is 14.9 Å². The van der Waals surface area contributed by atoms with Crippen LogP contribution in [0.2, 0.25) is 0 Å². The highest BCUT2D eigenvalue weighted by Crippen LogP contribution is 2.37. The van der Waals surface area contributed by atoms with Crippen LogP contribution in [0, 0.1) is 12.3 Å². The average Bonchev–Trinajstić information content (AvgIpc) is 0.752. The maximum Gasteiger partial charge on any atom is 0.408 e. The number of nitrogens with one attached hydrogen (secondary N) is 17. The number of aryl methyl sites for hydroxylation is 1. The van der Waals surface area contributed by atoms with Gasteiger partial charge in [0.2, 0.25) is 82.8 Å². The lowest BCUT2D eigenvalue weighted by Gasteiger charge is -2.37. The molecule has 0 aliphatic heterocycles. The maximum absolute atomic E-state index is 15.9. The van der Waals surface area contributed by atoms with Crippen LogP contribution in [0.15, 0.2) is 211 Å². The van der Waals surface area contributed by atoms with Gasteiger partial charge in [0.15, 0.2) is 0 Å².